The number of ether oxygens (including phenoxy) is 4. The number of carbonyl (C=O) groups excluding carboxylic acids is 4. The van der Waals surface area contributed by atoms with Crippen LogP contribution in [0.25, 0.3) is 44.2 Å². The van der Waals surface area contributed by atoms with Crippen molar-refractivity contribution in [3.63, 3.8) is 0 Å². The van der Waals surface area contributed by atoms with Gasteiger partial charge in [0, 0.05) is 36.6 Å². The van der Waals surface area contributed by atoms with Gasteiger partial charge in [-0.15, -0.1) is 0 Å². The highest BCUT2D eigenvalue weighted by Gasteiger charge is 2.56. The Hall–Kier alpha value is -6.94. The summed E-state index contributed by atoms with van der Waals surface area (Å²) in [7, 11) is 4.23. The second kappa shape index (κ2) is 16.9. The number of nitrogens with one attached hydrogen (secondary N) is 4. The number of H-pyrrole nitrogens is 2. The molecular weight excluding hydrogens is 829 g/mol. The molecule has 4 aromatic carbocycles. The Balaban J connectivity index is 0.909. The van der Waals surface area contributed by atoms with E-state index < -0.39 is 24.3 Å². The molecule has 7 atom stereocenters. The van der Waals surface area contributed by atoms with Gasteiger partial charge in [-0.3, -0.25) is 9.59 Å². The monoisotopic (exact) mass is 880 g/mol. The molecule has 336 valence electrons. The second-order valence-corrected chi connectivity index (χ2v) is 18.0. The lowest BCUT2D eigenvalue weighted by atomic mass is 9.92. The van der Waals surface area contributed by atoms with Crippen LogP contribution < -0.4 is 15.4 Å². The first-order valence-electron chi connectivity index (χ1n) is 22.2. The number of benzene rings is 4. The Morgan fingerprint density at radius 3 is 2.42 bits per heavy atom. The Bertz CT molecular complexity index is 2820. The molecule has 4 aliphatic rings. The third-order valence-electron chi connectivity index (χ3n) is 13.6. The molecule has 0 spiro atoms. The summed E-state index contributed by atoms with van der Waals surface area (Å²) in [6, 6.07) is 21.7. The van der Waals surface area contributed by atoms with Crippen LogP contribution in [-0.4, -0.2) is 100 Å². The van der Waals surface area contributed by atoms with Crippen LogP contribution in [0.1, 0.15) is 74.0 Å². The number of rotatable bonds is 11. The van der Waals surface area contributed by atoms with Crippen molar-refractivity contribution in [2.24, 2.45) is 17.8 Å². The topological polar surface area (TPSA) is 193 Å². The van der Waals surface area contributed by atoms with Crippen LogP contribution in [0.4, 0.5) is 9.59 Å². The quantitative estimate of drug-likeness (QED) is 0.102. The Kier molecular flexibility index (Phi) is 10.9. The van der Waals surface area contributed by atoms with Gasteiger partial charge in [-0.25, -0.2) is 19.6 Å². The third kappa shape index (κ3) is 7.68. The van der Waals surface area contributed by atoms with Gasteiger partial charge in [0.15, 0.2) is 0 Å². The van der Waals surface area contributed by atoms with Gasteiger partial charge in [0.2, 0.25) is 5.91 Å². The van der Waals surface area contributed by atoms with E-state index >= 15 is 0 Å². The molecule has 1 saturated carbocycles. The fourth-order valence-electron chi connectivity index (χ4n) is 10.2. The molecule has 3 aliphatic heterocycles. The number of alkyl carbamates (subject to hydrolysis) is 2. The maximum Gasteiger partial charge on any atom is 0.407 e. The smallest absolute Gasteiger partial charge is 0.407 e. The predicted molar refractivity (Wildman–Crippen MR) is 240 cm³/mol. The molecule has 4 amide bonds. The summed E-state index contributed by atoms with van der Waals surface area (Å²) in [4.78, 5) is 73.6. The number of hydrogen-bond acceptors (Lipinski definition) is 10. The first-order chi connectivity index (χ1) is 31.5. The summed E-state index contributed by atoms with van der Waals surface area (Å²) >= 11 is 0. The molecule has 1 unspecified atom stereocenters. The van der Waals surface area contributed by atoms with Crippen LogP contribution in [-0.2, 0) is 30.4 Å². The number of fused-ring (bicyclic) bond motifs is 7. The number of likely N-dealkylation sites (tertiary alicyclic amines) is 2. The fraction of sp³-hybridized carbons (Fsp3) is 0.388. The molecule has 16 nitrogen and oxygen atoms in total. The van der Waals surface area contributed by atoms with E-state index in [-0.39, 0.29) is 41.8 Å². The molecule has 4 N–H and O–H groups in total. The minimum absolute atomic E-state index is 0.0856. The summed E-state index contributed by atoms with van der Waals surface area (Å²) in [5, 5.41) is 7.48. The van der Waals surface area contributed by atoms with E-state index in [9.17, 15) is 19.2 Å². The molecule has 1 aliphatic carbocycles. The highest BCUT2D eigenvalue weighted by molar-refractivity contribution is 6.07. The van der Waals surface area contributed by atoms with Gasteiger partial charge in [-0.2, -0.15) is 0 Å². The predicted octanol–water partition coefficient (Wildman–Crippen LogP) is 7.34. The van der Waals surface area contributed by atoms with Crippen LogP contribution in [0.5, 0.6) is 5.75 Å². The molecule has 16 heteroatoms. The number of carbonyl (C=O) groups is 4. The van der Waals surface area contributed by atoms with Crippen molar-refractivity contribution in [2.75, 3.05) is 34.5 Å². The lowest BCUT2D eigenvalue weighted by Crippen LogP contribution is -2.51. The average molecular weight is 881 g/mol. The molecule has 6 aromatic rings. The molecule has 65 heavy (non-hydrogen) atoms. The Morgan fingerprint density at radius 1 is 0.846 bits per heavy atom. The molecular formula is C49H52N8O8. The second-order valence-electron chi connectivity index (χ2n) is 18.0. The van der Waals surface area contributed by atoms with E-state index in [4.69, 9.17) is 28.9 Å². The number of imidazole rings is 2. The summed E-state index contributed by atoms with van der Waals surface area (Å²) in [5.41, 5.74) is 7.19. The highest BCUT2D eigenvalue weighted by atomic mass is 16.5. The van der Waals surface area contributed by atoms with Gasteiger partial charge in [0.25, 0.3) is 5.91 Å². The van der Waals surface area contributed by atoms with Crippen LogP contribution in [0.15, 0.2) is 79.0 Å². The van der Waals surface area contributed by atoms with Gasteiger partial charge < -0.3 is 49.3 Å². The first-order valence-corrected chi connectivity index (χ1v) is 22.2. The Labute approximate surface area is 375 Å². The third-order valence-corrected chi connectivity index (χ3v) is 13.6. The SMILES string of the molecule is COC[C@H]1C[C@@H](c2ncc(-c3ccc4c(c3)COc3cc5c(ccc6nc(C7C[C@H]8C[C@H]8N7C(=O)[C@H](NC(=O)OC)c7ccccc7)[nH]c65)cc3-4)[nH]2)N(C(=O)[C@@H](NC(=O)OC)C(C)C)C1. The van der Waals surface area contributed by atoms with Gasteiger partial charge in [0.05, 0.1) is 55.8 Å². The van der Waals surface area contributed by atoms with Gasteiger partial charge in [-0.1, -0.05) is 62.4 Å². The van der Waals surface area contributed by atoms with Crippen LogP contribution >= 0.6 is 0 Å². The number of amides is 4. The van der Waals surface area contributed by atoms with Crippen molar-refractivity contribution in [1.29, 1.82) is 0 Å². The molecule has 5 heterocycles. The van der Waals surface area contributed by atoms with Crippen molar-refractivity contribution in [3.8, 4) is 28.1 Å². The van der Waals surface area contributed by atoms with Crippen molar-refractivity contribution >= 4 is 45.8 Å². The van der Waals surface area contributed by atoms with Crippen molar-refractivity contribution in [3.05, 3.63) is 102 Å². The van der Waals surface area contributed by atoms with E-state index in [1.54, 1.807) is 18.2 Å². The van der Waals surface area contributed by atoms with Crippen molar-refractivity contribution in [1.82, 2.24) is 40.4 Å². The summed E-state index contributed by atoms with van der Waals surface area (Å²) in [5.74, 6) is 2.10. The van der Waals surface area contributed by atoms with E-state index in [1.165, 1.54) is 14.2 Å². The number of piperidine rings is 1. The maximum absolute atomic E-state index is 14.4. The number of aromatic amines is 2. The zero-order valence-corrected chi connectivity index (χ0v) is 36.9. The van der Waals surface area contributed by atoms with Crippen LogP contribution in [0.2, 0.25) is 0 Å². The van der Waals surface area contributed by atoms with Gasteiger partial charge >= 0.3 is 12.2 Å². The minimum atomic E-state index is -0.897. The van der Waals surface area contributed by atoms with Crippen LogP contribution in [0, 0.1) is 17.8 Å². The minimum Gasteiger partial charge on any atom is -0.488 e. The highest BCUT2D eigenvalue weighted by Crippen LogP contribution is 2.54. The molecule has 0 radical (unpaired) electrons. The maximum atomic E-state index is 14.4. The van der Waals surface area contributed by atoms with Crippen molar-refractivity contribution < 1.29 is 38.1 Å². The van der Waals surface area contributed by atoms with E-state index in [1.807, 2.05) is 55.1 Å². The largest absolute Gasteiger partial charge is 0.488 e. The summed E-state index contributed by atoms with van der Waals surface area (Å²) < 4.78 is 21.7. The number of aromatic nitrogens is 4. The fourth-order valence-corrected chi connectivity index (χ4v) is 10.2. The summed E-state index contributed by atoms with van der Waals surface area (Å²) in [6.07, 6.45) is 2.86. The Morgan fingerprint density at radius 2 is 1.65 bits per heavy atom. The molecule has 0 bridgehead atoms. The number of nitrogens with zero attached hydrogens (tertiary/aromatic N) is 4. The van der Waals surface area contributed by atoms with Gasteiger partial charge in [0.1, 0.15) is 36.1 Å². The standard InChI is InChI=1S/C49H52N8O8/c1-25(2)41(54-48(60)63-4)46(58)56-22-26(23-62-3)15-38(56)44-50-21-36(52-44)29-11-13-32-31(16-29)24-65-40-20-33-28(17-34(32)40)12-14-35-43(33)53-45(51-35)39-19-30-18-37(30)57(39)47(59)42(55-49(61)64-5)27-9-7-6-8-10-27/h6-14,16-17,20-21,25-26,30,37-39,41-42H,15,18-19,22-24H2,1-5H3,(H,50,52)(H,51,53)(H,54,60)(H,55,61)/t26-,30+,37+,38-,39?,41-,42+/m0/s1. The molecule has 3 fully saturated rings. The molecule has 10 rings (SSSR count). The normalized spacial score (nSPS) is 21.6. The average Bonchev–Trinajstić information content (AvgIpc) is 3.79. The number of hydrogen-bond donors (Lipinski definition) is 4. The van der Waals surface area contributed by atoms with E-state index in [0.717, 1.165) is 68.3 Å². The lowest BCUT2D eigenvalue weighted by molar-refractivity contribution is -0.136. The number of methoxy groups -OCH3 is 3. The zero-order chi connectivity index (χ0) is 45.1. The molecule has 2 aromatic heterocycles. The molecule has 2 saturated heterocycles. The van der Waals surface area contributed by atoms with Crippen LogP contribution in [0.3, 0.4) is 0 Å². The lowest BCUT2D eigenvalue weighted by Gasteiger charge is -2.30. The zero-order valence-electron chi connectivity index (χ0n) is 36.9. The van der Waals surface area contributed by atoms with E-state index in [0.29, 0.717) is 49.3 Å². The summed E-state index contributed by atoms with van der Waals surface area (Å²) in [6.45, 7) is 5.13. The van der Waals surface area contributed by atoms with Crippen molar-refractivity contribution in [2.45, 2.75) is 69.9 Å². The first kappa shape index (κ1) is 42.0. The van der Waals surface area contributed by atoms with Gasteiger partial charge in [-0.05, 0) is 83.0 Å². The van der Waals surface area contributed by atoms with E-state index in [2.05, 4.69) is 57.0 Å².